The third-order valence-electron chi connectivity index (χ3n) is 2.51. The van der Waals surface area contributed by atoms with E-state index in [1.54, 1.807) is 0 Å². The van der Waals surface area contributed by atoms with Gasteiger partial charge in [-0.2, -0.15) is 0 Å². The summed E-state index contributed by atoms with van der Waals surface area (Å²) in [4.78, 5) is 24.3. The molecule has 0 aliphatic rings. The number of nitrogens with zero attached hydrogens (tertiary/aromatic N) is 2. The van der Waals surface area contributed by atoms with Crippen molar-refractivity contribution in [2.45, 2.75) is 11.8 Å². The molecule has 1 heterocycles. The predicted molar refractivity (Wildman–Crippen MR) is 77.2 cm³/mol. The molecule has 1 aromatic heterocycles. The molecule has 0 saturated heterocycles. The van der Waals surface area contributed by atoms with Crippen molar-refractivity contribution >= 4 is 33.3 Å². The number of amides is 2. The van der Waals surface area contributed by atoms with Crippen LogP contribution >= 0.6 is 0 Å². The Morgan fingerprint density at radius 1 is 1.17 bits per heavy atom. The van der Waals surface area contributed by atoms with E-state index in [1.165, 1.54) is 31.2 Å². The molecular weight excluding hydrogens is 328 g/mol. The molecule has 5 N–H and O–H groups in total. The van der Waals surface area contributed by atoms with Gasteiger partial charge in [-0.3, -0.25) is 15.0 Å². The lowest BCUT2D eigenvalue weighted by molar-refractivity contribution is -0.114. The molecule has 0 bridgehead atoms. The zero-order valence-corrected chi connectivity index (χ0v) is 12.5. The van der Waals surface area contributed by atoms with Gasteiger partial charge >= 0.3 is 0 Å². The van der Waals surface area contributed by atoms with E-state index in [1.807, 2.05) is 10.3 Å². The number of aromatic nitrogens is 2. The molecule has 0 spiro atoms. The Kier molecular flexibility index (Phi) is 4.57. The third-order valence-corrected chi connectivity index (χ3v) is 3.78. The maximum absolute atomic E-state index is 12.0. The van der Waals surface area contributed by atoms with Crippen molar-refractivity contribution in [1.82, 2.24) is 20.6 Å². The first kappa shape index (κ1) is 16.4. The smallest absolute Gasteiger partial charge is 0.292 e. The average molecular weight is 340 g/mol. The van der Waals surface area contributed by atoms with Crippen LogP contribution < -0.4 is 21.3 Å². The minimum absolute atomic E-state index is 0.127. The summed E-state index contributed by atoms with van der Waals surface area (Å²) < 4.78 is 28.3. The predicted octanol–water partition coefficient (Wildman–Crippen LogP) is -0.766. The summed E-state index contributed by atoms with van der Waals surface area (Å²) in [6, 6.07) is 5.31. The number of benzene rings is 1. The van der Waals surface area contributed by atoms with Crippen LogP contribution in [0.15, 0.2) is 33.8 Å². The Labute approximate surface area is 130 Å². The molecule has 2 aromatic rings. The van der Waals surface area contributed by atoms with Crippen LogP contribution in [0, 0.1) is 0 Å². The van der Waals surface area contributed by atoms with Crippen molar-refractivity contribution in [2.75, 3.05) is 11.1 Å². The largest absolute Gasteiger partial charge is 0.379 e. The zero-order chi connectivity index (χ0) is 17.0. The fourth-order valence-electron chi connectivity index (χ4n) is 1.51. The fraction of sp³-hybridized carbons (Fsp3) is 0.0909. The molecule has 0 radical (unpaired) electrons. The fourth-order valence-corrected chi connectivity index (χ4v) is 2.34. The Morgan fingerprint density at radius 3 is 2.35 bits per heavy atom. The summed E-state index contributed by atoms with van der Waals surface area (Å²) in [7, 11) is -4.02. The highest BCUT2D eigenvalue weighted by Crippen LogP contribution is 2.13. The van der Waals surface area contributed by atoms with Gasteiger partial charge in [-0.25, -0.2) is 13.0 Å². The number of nitrogen functional groups attached to an aromatic ring is 1. The van der Waals surface area contributed by atoms with Crippen LogP contribution in [0.4, 0.5) is 11.5 Å². The number of hydrazine groups is 1. The number of hydrogen-bond donors (Lipinski definition) is 4. The highest BCUT2D eigenvalue weighted by atomic mass is 32.2. The van der Waals surface area contributed by atoms with Crippen molar-refractivity contribution in [1.29, 1.82) is 0 Å². The Morgan fingerprint density at radius 2 is 1.83 bits per heavy atom. The molecule has 0 saturated carbocycles. The van der Waals surface area contributed by atoms with Crippen molar-refractivity contribution < 1.29 is 22.6 Å². The van der Waals surface area contributed by atoms with Crippen LogP contribution in [-0.4, -0.2) is 30.5 Å². The number of nitrogens with one attached hydrogen (secondary N) is 3. The molecule has 2 amide bonds. The number of anilines is 2. The van der Waals surface area contributed by atoms with Gasteiger partial charge in [0.05, 0.1) is 4.90 Å². The molecule has 0 atom stereocenters. The van der Waals surface area contributed by atoms with Gasteiger partial charge < -0.3 is 11.1 Å². The second-order valence-electron chi connectivity index (χ2n) is 4.26. The molecular formula is C11H12N6O5S. The summed E-state index contributed by atoms with van der Waals surface area (Å²) in [5, 5.41) is 8.92. The lowest BCUT2D eigenvalue weighted by Gasteiger charge is -2.08. The standard InChI is InChI=1S/C11H12N6O5S/c1-6(18)13-7-2-4-8(5-3-7)23(20,21)17-14-11(19)9-10(12)16-22-15-9/h2-5,17H,1H3,(H2,12,16)(H,13,18)(H,14,19). The summed E-state index contributed by atoms with van der Waals surface area (Å²) in [5.41, 5.74) is 7.31. The molecule has 23 heavy (non-hydrogen) atoms. The van der Waals surface area contributed by atoms with Gasteiger partial charge in [-0.05, 0) is 34.6 Å². The molecule has 0 aliphatic carbocycles. The molecule has 0 aliphatic heterocycles. The van der Waals surface area contributed by atoms with E-state index in [0.29, 0.717) is 5.69 Å². The highest BCUT2D eigenvalue weighted by Gasteiger charge is 2.19. The number of carbonyl (C=O) groups excluding carboxylic acids is 2. The number of sulfonamides is 1. The van der Waals surface area contributed by atoms with Crippen LogP contribution in [0.1, 0.15) is 17.4 Å². The monoisotopic (exact) mass is 340 g/mol. The first-order valence-corrected chi connectivity index (χ1v) is 7.56. The number of hydrogen-bond acceptors (Lipinski definition) is 8. The summed E-state index contributed by atoms with van der Waals surface area (Å²) >= 11 is 0. The van der Waals surface area contributed by atoms with Crippen LogP contribution in [0.2, 0.25) is 0 Å². The third kappa shape index (κ3) is 4.02. The number of nitrogens with two attached hydrogens (primary N) is 1. The maximum Gasteiger partial charge on any atom is 0.292 e. The molecule has 11 nitrogen and oxygen atoms in total. The zero-order valence-electron chi connectivity index (χ0n) is 11.7. The van der Waals surface area contributed by atoms with Crippen molar-refractivity contribution in [3.05, 3.63) is 30.0 Å². The minimum Gasteiger partial charge on any atom is -0.379 e. The van der Waals surface area contributed by atoms with E-state index in [4.69, 9.17) is 5.73 Å². The molecule has 0 unspecified atom stereocenters. The summed E-state index contributed by atoms with van der Waals surface area (Å²) in [5.74, 6) is -1.49. The van der Waals surface area contributed by atoms with Crippen molar-refractivity contribution in [3.8, 4) is 0 Å². The first-order chi connectivity index (χ1) is 10.8. The van der Waals surface area contributed by atoms with Gasteiger partial charge in [-0.15, -0.1) is 4.83 Å². The van der Waals surface area contributed by atoms with Gasteiger partial charge in [0.15, 0.2) is 0 Å². The van der Waals surface area contributed by atoms with Gasteiger partial charge in [0, 0.05) is 12.6 Å². The van der Waals surface area contributed by atoms with Crippen molar-refractivity contribution in [3.63, 3.8) is 0 Å². The Hall–Kier alpha value is -2.99. The quantitative estimate of drug-likeness (QED) is 0.514. The Bertz CT molecular complexity index is 829. The maximum atomic E-state index is 12.0. The first-order valence-electron chi connectivity index (χ1n) is 6.07. The average Bonchev–Trinajstić information content (AvgIpc) is 2.91. The SMILES string of the molecule is CC(=O)Nc1ccc(S(=O)(=O)NNC(=O)c2nonc2N)cc1. The van der Waals surface area contributed by atoms with E-state index in [-0.39, 0.29) is 22.3 Å². The second kappa shape index (κ2) is 6.41. The second-order valence-corrected chi connectivity index (χ2v) is 5.95. The topological polar surface area (TPSA) is 169 Å². The molecule has 0 fully saturated rings. The van der Waals surface area contributed by atoms with Crippen LogP contribution in [0.5, 0.6) is 0 Å². The number of carbonyl (C=O) groups is 2. The normalized spacial score (nSPS) is 11.0. The van der Waals surface area contributed by atoms with E-state index in [9.17, 15) is 18.0 Å². The highest BCUT2D eigenvalue weighted by molar-refractivity contribution is 7.89. The molecule has 2 rings (SSSR count). The Balaban J connectivity index is 2.05. The molecule has 12 heteroatoms. The van der Waals surface area contributed by atoms with E-state index >= 15 is 0 Å². The lowest BCUT2D eigenvalue weighted by Crippen LogP contribution is -2.41. The summed E-state index contributed by atoms with van der Waals surface area (Å²) in [6.45, 7) is 1.33. The molecule has 1 aromatic carbocycles. The van der Waals surface area contributed by atoms with Gasteiger partial charge in [0.1, 0.15) is 0 Å². The van der Waals surface area contributed by atoms with E-state index < -0.39 is 15.9 Å². The van der Waals surface area contributed by atoms with Crippen LogP contribution in [-0.2, 0) is 14.8 Å². The van der Waals surface area contributed by atoms with Crippen molar-refractivity contribution in [2.24, 2.45) is 0 Å². The molecule has 122 valence electrons. The van der Waals surface area contributed by atoms with E-state index in [2.05, 4.69) is 20.3 Å². The van der Waals surface area contributed by atoms with Gasteiger partial charge in [0.25, 0.3) is 15.9 Å². The van der Waals surface area contributed by atoms with E-state index in [0.717, 1.165) is 0 Å². The van der Waals surface area contributed by atoms with Gasteiger partial charge in [-0.1, -0.05) is 0 Å². The van der Waals surface area contributed by atoms with Gasteiger partial charge in [0.2, 0.25) is 17.4 Å². The summed E-state index contributed by atoms with van der Waals surface area (Å²) in [6.07, 6.45) is 0. The number of rotatable bonds is 5. The van der Waals surface area contributed by atoms with Crippen LogP contribution in [0.25, 0.3) is 0 Å². The lowest BCUT2D eigenvalue weighted by atomic mass is 10.3. The van der Waals surface area contributed by atoms with Crippen LogP contribution in [0.3, 0.4) is 0 Å². The minimum atomic E-state index is -4.02.